The SMILES string of the molecule is CNc1c(N)cnc2ccc(C(F)(F)F)cc12.C[C@@H]1CCCCO1. The number of pyridine rings is 1. The Balaban J connectivity index is 0.000000249. The zero-order valence-electron chi connectivity index (χ0n) is 13.8. The number of anilines is 2. The maximum Gasteiger partial charge on any atom is 0.416 e. The van der Waals surface area contributed by atoms with Gasteiger partial charge in [-0.2, -0.15) is 13.2 Å². The van der Waals surface area contributed by atoms with Crippen molar-refractivity contribution in [3.05, 3.63) is 30.0 Å². The average molecular weight is 341 g/mol. The number of fused-ring (bicyclic) bond motifs is 1. The van der Waals surface area contributed by atoms with E-state index in [1.54, 1.807) is 7.05 Å². The van der Waals surface area contributed by atoms with Crippen LogP contribution >= 0.6 is 0 Å². The highest BCUT2D eigenvalue weighted by Crippen LogP contribution is 2.34. The highest BCUT2D eigenvalue weighted by Gasteiger charge is 2.30. The Morgan fingerprint density at radius 3 is 2.54 bits per heavy atom. The summed E-state index contributed by atoms with van der Waals surface area (Å²) < 4.78 is 43.0. The third-order valence-corrected chi connectivity index (χ3v) is 3.88. The second-order valence-corrected chi connectivity index (χ2v) is 5.75. The molecule has 2 heterocycles. The van der Waals surface area contributed by atoms with Crippen LogP contribution in [0.2, 0.25) is 0 Å². The molecule has 2 aromatic rings. The van der Waals surface area contributed by atoms with Gasteiger partial charge in [0.15, 0.2) is 0 Å². The van der Waals surface area contributed by atoms with Crippen LogP contribution in [0.3, 0.4) is 0 Å². The maximum absolute atomic E-state index is 12.6. The van der Waals surface area contributed by atoms with Gasteiger partial charge >= 0.3 is 6.18 Å². The number of nitrogens with two attached hydrogens (primary N) is 1. The lowest BCUT2D eigenvalue weighted by Gasteiger charge is -2.17. The van der Waals surface area contributed by atoms with Crippen LogP contribution in [0.4, 0.5) is 24.5 Å². The van der Waals surface area contributed by atoms with E-state index < -0.39 is 11.7 Å². The number of nitrogen functional groups attached to an aromatic ring is 1. The van der Waals surface area contributed by atoms with E-state index in [0.29, 0.717) is 28.4 Å². The summed E-state index contributed by atoms with van der Waals surface area (Å²) in [6.45, 7) is 3.13. The summed E-state index contributed by atoms with van der Waals surface area (Å²) in [6.07, 6.45) is 1.48. The lowest BCUT2D eigenvalue weighted by atomic mass is 10.1. The predicted octanol–water partition coefficient (Wildman–Crippen LogP) is 4.45. The molecule has 0 radical (unpaired) electrons. The van der Waals surface area contributed by atoms with Crippen LogP contribution in [0, 0.1) is 0 Å². The number of aromatic nitrogens is 1. The second kappa shape index (κ2) is 7.70. The summed E-state index contributed by atoms with van der Waals surface area (Å²) in [5, 5.41) is 3.15. The van der Waals surface area contributed by atoms with E-state index in [0.717, 1.165) is 18.7 Å². The van der Waals surface area contributed by atoms with Gasteiger partial charge in [0, 0.05) is 19.0 Å². The van der Waals surface area contributed by atoms with Gasteiger partial charge in [-0.15, -0.1) is 0 Å². The Kier molecular flexibility index (Phi) is 5.88. The minimum absolute atomic E-state index is 0.319. The summed E-state index contributed by atoms with van der Waals surface area (Å²) in [4.78, 5) is 3.98. The zero-order chi connectivity index (χ0) is 17.7. The third kappa shape index (κ3) is 4.50. The van der Waals surface area contributed by atoms with E-state index >= 15 is 0 Å². The first-order valence-electron chi connectivity index (χ1n) is 7.87. The van der Waals surface area contributed by atoms with Crippen LogP contribution in [-0.4, -0.2) is 24.7 Å². The maximum atomic E-state index is 12.6. The van der Waals surface area contributed by atoms with Gasteiger partial charge in [0.05, 0.1) is 34.8 Å². The Morgan fingerprint density at radius 2 is 2.04 bits per heavy atom. The molecule has 132 valence electrons. The minimum Gasteiger partial charge on any atom is -0.396 e. The lowest BCUT2D eigenvalue weighted by molar-refractivity contribution is -0.137. The third-order valence-electron chi connectivity index (χ3n) is 3.88. The molecule has 3 rings (SSSR count). The molecular formula is C17H22F3N3O. The van der Waals surface area contributed by atoms with Gasteiger partial charge in [-0.1, -0.05) is 0 Å². The largest absolute Gasteiger partial charge is 0.416 e. The van der Waals surface area contributed by atoms with Crippen LogP contribution in [-0.2, 0) is 10.9 Å². The molecule has 0 spiro atoms. The smallest absolute Gasteiger partial charge is 0.396 e. The Hall–Kier alpha value is -2.02. The first-order valence-corrected chi connectivity index (χ1v) is 7.87. The van der Waals surface area contributed by atoms with Crippen molar-refractivity contribution in [2.75, 3.05) is 24.7 Å². The molecule has 0 unspecified atom stereocenters. The van der Waals surface area contributed by atoms with Crippen molar-refractivity contribution in [2.24, 2.45) is 0 Å². The molecule has 1 saturated heterocycles. The molecule has 7 heteroatoms. The molecule has 0 bridgehead atoms. The van der Waals surface area contributed by atoms with E-state index in [1.807, 2.05) is 0 Å². The van der Waals surface area contributed by atoms with Gasteiger partial charge in [0.2, 0.25) is 0 Å². The normalized spacial score (nSPS) is 18.0. The van der Waals surface area contributed by atoms with E-state index in [-0.39, 0.29) is 0 Å². The number of hydrogen-bond acceptors (Lipinski definition) is 4. The van der Waals surface area contributed by atoms with Gasteiger partial charge in [-0.3, -0.25) is 4.98 Å². The first-order chi connectivity index (χ1) is 11.3. The van der Waals surface area contributed by atoms with Crippen LogP contribution < -0.4 is 11.1 Å². The summed E-state index contributed by atoms with van der Waals surface area (Å²) >= 11 is 0. The molecule has 4 nitrogen and oxygen atoms in total. The van der Waals surface area contributed by atoms with Crippen LogP contribution in [0.5, 0.6) is 0 Å². The molecule has 1 aromatic carbocycles. The monoisotopic (exact) mass is 341 g/mol. The standard InChI is InChI=1S/C11H10F3N3.C6H12O/c1-16-10-7-4-6(11(12,13)14)2-3-9(7)17-5-8(10)15;1-6-4-2-3-5-7-6/h2-5H,15H2,1H3,(H,16,17);6H,2-5H2,1H3/t;6-/m.1/s1. The van der Waals surface area contributed by atoms with Gasteiger partial charge in [0.1, 0.15) is 0 Å². The topological polar surface area (TPSA) is 60.2 Å². The van der Waals surface area contributed by atoms with Crippen LogP contribution in [0.25, 0.3) is 10.9 Å². The minimum atomic E-state index is -4.37. The first kappa shape index (κ1) is 18.3. The molecule has 1 atom stereocenters. The molecule has 0 amide bonds. The van der Waals surface area contributed by atoms with Crippen molar-refractivity contribution in [1.29, 1.82) is 0 Å². The zero-order valence-corrected chi connectivity index (χ0v) is 13.8. The predicted molar refractivity (Wildman–Crippen MR) is 90.0 cm³/mol. The number of hydrogen-bond donors (Lipinski definition) is 2. The molecule has 0 saturated carbocycles. The molecule has 3 N–H and O–H groups in total. The fourth-order valence-electron chi connectivity index (χ4n) is 2.57. The van der Waals surface area contributed by atoms with Crippen LogP contribution in [0.1, 0.15) is 31.7 Å². The number of nitrogens with one attached hydrogen (secondary N) is 1. The van der Waals surface area contributed by atoms with E-state index in [2.05, 4.69) is 17.2 Å². The van der Waals surface area contributed by atoms with Crippen molar-refractivity contribution < 1.29 is 17.9 Å². The Morgan fingerprint density at radius 1 is 1.29 bits per heavy atom. The fourth-order valence-corrected chi connectivity index (χ4v) is 2.57. The Bertz CT molecular complexity index is 683. The molecule has 1 fully saturated rings. The van der Waals surface area contributed by atoms with Crippen molar-refractivity contribution in [3.8, 4) is 0 Å². The lowest BCUT2D eigenvalue weighted by Crippen LogP contribution is -2.14. The molecule has 1 aromatic heterocycles. The van der Waals surface area contributed by atoms with Gasteiger partial charge in [0.25, 0.3) is 0 Å². The number of benzene rings is 1. The molecule has 0 aliphatic carbocycles. The second-order valence-electron chi connectivity index (χ2n) is 5.75. The number of halogens is 3. The average Bonchev–Trinajstić information content (AvgIpc) is 2.55. The number of alkyl halides is 3. The van der Waals surface area contributed by atoms with Gasteiger partial charge < -0.3 is 15.8 Å². The van der Waals surface area contributed by atoms with Crippen molar-refractivity contribution in [3.63, 3.8) is 0 Å². The molecule has 24 heavy (non-hydrogen) atoms. The Labute approximate surface area is 139 Å². The van der Waals surface area contributed by atoms with Gasteiger partial charge in [-0.05, 0) is 44.4 Å². The van der Waals surface area contributed by atoms with E-state index in [4.69, 9.17) is 10.5 Å². The fraction of sp³-hybridized carbons (Fsp3) is 0.471. The molecule has 1 aliphatic rings. The molecule has 1 aliphatic heterocycles. The number of rotatable bonds is 1. The van der Waals surface area contributed by atoms with E-state index in [1.165, 1.54) is 31.5 Å². The summed E-state index contributed by atoms with van der Waals surface area (Å²) in [7, 11) is 1.60. The van der Waals surface area contributed by atoms with E-state index in [9.17, 15) is 13.2 Å². The molecular weight excluding hydrogens is 319 g/mol. The summed E-state index contributed by atoms with van der Waals surface area (Å²) in [5.74, 6) is 0. The van der Waals surface area contributed by atoms with Crippen molar-refractivity contribution >= 4 is 22.3 Å². The van der Waals surface area contributed by atoms with Gasteiger partial charge in [-0.25, -0.2) is 0 Å². The van der Waals surface area contributed by atoms with Crippen molar-refractivity contribution in [1.82, 2.24) is 4.98 Å². The number of ether oxygens (including phenoxy) is 1. The summed E-state index contributed by atoms with van der Waals surface area (Å²) in [6, 6.07) is 3.38. The quantitative estimate of drug-likeness (QED) is 0.804. The van der Waals surface area contributed by atoms with Crippen LogP contribution in [0.15, 0.2) is 24.4 Å². The highest BCUT2D eigenvalue weighted by atomic mass is 19.4. The highest BCUT2D eigenvalue weighted by molar-refractivity contribution is 5.97. The van der Waals surface area contributed by atoms with Crippen molar-refractivity contribution in [2.45, 2.75) is 38.5 Å². The summed E-state index contributed by atoms with van der Waals surface area (Å²) in [5.41, 5.74) is 6.18. The number of nitrogens with zero attached hydrogens (tertiary/aromatic N) is 1.